The number of halogens is 1. The summed E-state index contributed by atoms with van der Waals surface area (Å²) in [7, 11) is 0. The Morgan fingerprint density at radius 1 is 1.10 bits per heavy atom. The molecule has 0 bridgehead atoms. The van der Waals surface area contributed by atoms with Gasteiger partial charge in [-0.2, -0.15) is 0 Å². The largest absolute Gasteiger partial charge is 0.436 e. The molecule has 1 N–H and O–H groups in total. The molecule has 1 aromatic heterocycles. The van der Waals surface area contributed by atoms with Crippen molar-refractivity contribution in [1.29, 1.82) is 0 Å². The first-order chi connectivity index (χ1) is 9.83. The molecule has 2 aromatic rings. The van der Waals surface area contributed by atoms with Gasteiger partial charge in [0.1, 0.15) is 11.6 Å². The number of para-hydroxylation sites is 1. The highest BCUT2D eigenvalue weighted by Gasteiger charge is 2.12. The van der Waals surface area contributed by atoms with Crippen LogP contribution in [0.25, 0.3) is 0 Å². The molecular formula is C14H15BrN4O. The Balaban J connectivity index is 1.71. The van der Waals surface area contributed by atoms with Gasteiger partial charge >= 0.3 is 0 Å². The number of benzene rings is 1. The van der Waals surface area contributed by atoms with E-state index in [1.165, 1.54) is 0 Å². The number of nitrogens with zero attached hydrogens (tertiary/aromatic N) is 3. The van der Waals surface area contributed by atoms with Crippen molar-refractivity contribution in [3.05, 3.63) is 41.1 Å². The lowest BCUT2D eigenvalue weighted by Crippen LogP contribution is -2.43. The lowest BCUT2D eigenvalue weighted by molar-refractivity contribution is 0.457. The summed E-state index contributed by atoms with van der Waals surface area (Å²) in [4.78, 5) is 11.0. The average molecular weight is 335 g/mol. The van der Waals surface area contributed by atoms with Crippen LogP contribution in [0.4, 0.5) is 5.82 Å². The van der Waals surface area contributed by atoms with Crippen LogP contribution in [0.3, 0.4) is 0 Å². The molecule has 0 radical (unpaired) electrons. The SMILES string of the molecule is Brc1ccccc1Oc1cnc(N2CCNCC2)cn1. The van der Waals surface area contributed by atoms with Crippen LogP contribution in [0, 0.1) is 0 Å². The standard InChI is InChI=1S/C14H15BrN4O/c15-11-3-1-2-4-12(11)20-14-10-17-13(9-18-14)19-7-5-16-6-8-19/h1-4,9-10,16H,5-8H2. The maximum absolute atomic E-state index is 5.70. The molecule has 0 amide bonds. The highest BCUT2D eigenvalue weighted by atomic mass is 79.9. The van der Waals surface area contributed by atoms with Crippen molar-refractivity contribution in [2.45, 2.75) is 0 Å². The summed E-state index contributed by atoms with van der Waals surface area (Å²) in [6, 6.07) is 7.67. The molecule has 1 saturated heterocycles. The molecule has 0 spiro atoms. The summed E-state index contributed by atoms with van der Waals surface area (Å²) < 4.78 is 6.60. The van der Waals surface area contributed by atoms with Gasteiger partial charge in [0, 0.05) is 26.2 Å². The molecule has 3 rings (SSSR count). The normalized spacial score (nSPS) is 15.2. The van der Waals surface area contributed by atoms with Gasteiger partial charge in [-0.15, -0.1) is 0 Å². The summed E-state index contributed by atoms with van der Waals surface area (Å²) in [5.74, 6) is 2.12. The molecule has 0 aliphatic carbocycles. The molecule has 20 heavy (non-hydrogen) atoms. The Hall–Kier alpha value is -1.66. The number of piperazine rings is 1. The number of ether oxygens (including phenoxy) is 1. The van der Waals surface area contributed by atoms with Gasteiger partial charge in [-0.25, -0.2) is 9.97 Å². The van der Waals surface area contributed by atoms with Crippen LogP contribution in [0.15, 0.2) is 41.1 Å². The first-order valence-electron chi connectivity index (χ1n) is 6.53. The summed E-state index contributed by atoms with van der Waals surface area (Å²) in [6.45, 7) is 3.88. The summed E-state index contributed by atoms with van der Waals surface area (Å²) in [5, 5.41) is 3.32. The van der Waals surface area contributed by atoms with Crippen molar-refractivity contribution < 1.29 is 4.74 Å². The molecule has 1 aliphatic rings. The minimum atomic E-state index is 0.496. The highest BCUT2D eigenvalue weighted by Crippen LogP contribution is 2.28. The van der Waals surface area contributed by atoms with E-state index in [2.05, 4.69) is 36.1 Å². The second kappa shape index (κ2) is 6.19. The van der Waals surface area contributed by atoms with Crippen molar-refractivity contribution in [2.24, 2.45) is 0 Å². The number of rotatable bonds is 3. The van der Waals surface area contributed by atoms with Crippen LogP contribution >= 0.6 is 15.9 Å². The van der Waals surface area contributed by atoms with E-state index in [0.29, 0.717) is 5.88 Å². The molecule has 0 unspecified atom stereocenters. The Kier molecular flexibility index (Phi) is 4.13. The first-order valence-corrected chi connectivity index (χ1v) is 7.32. The van der Waals surface area contributed by atoms with Crippen LogP contribution < -0.4 is 15.0 Å². The van der Waals surface area contributed by atoms with E-state index in [-0.39, 0.29) is 0 Å². The van der Waals surface area contributed by atoms with Gasteiger partial charge in [-0.05, 0) is 28.1 Å². The van der Waals surface area contributed by atoms with Crippen LogP contribution in [0.1, 0.15) is 0 Å². The molecule has 5 nitrogen and oxygen atoms in total. The fourth-order valence-electron chi connectivity index (χ4n) is 2.06. The molecule has 1 aliphatic heterocycles. The minimum Gasteiger partial charge on any atom is -0.436 e. The zero-order chi connectivity index (χ0) is 13.8. The van der Waals surface area contributed by atoms with Gasteiger partial charge in [0.15, 0.2) is 0 Å². The van der Waals surface area contributed by atoms with Crippen molar-refractivity contribution in [1.82, 2.24) is 15.3 Å². The van der Waals surface area contributed by atoms with E-state index in [1.54, 1.807) is 12.4 Å². The van der Waals surface area contributed by atoms with E-state index >= 15 is 0 Å². The maximum Gasteiger partial charge on any atom is 0.238 e. The Morgan fingerprint density at radius 2 is 1.90 bits per heavy atom. The molecule has 0 atom stereocenters. The van der Waals surface area contributed by atoms with Crippen LogP contribution in [-0.4, -0.2) is 36.1 Å². The lowest BCUT2D eigenvalue weighted by atomic mass is 10.3. The monoisotopic (exact) mass is 334 g/mol. The van der Waals surface area contributed by atoms with Crippen molar-refractivity contribution in [3.63, 3.8) is 0 Å². The summed E-state index contributed by atoms with van der Waals surface area (Å²) in [6.07, 6.45) is 3.42. The van der Waals surface area contributed by atoms with E-state index in [9.17, 15) is 0 Å². The fourth-order valence-corrected chi connectivity index (χ4v) is 2.43. The number of hydrogen-bond acceptors (Lipinski definition) is 5. The van der Waals surface area contributed by atoms with E-state index in [4.69, 9.17) is 4.74 Å². The number of aromatic nitrogens is 2. The maximum atomic E-state index is 5.70. The predicted molar refractivity (Wildman–Crippen MR) is 81.3 cm³/mol. The molecule has 6 heteroatoms. The van der Waals surface area contributed by atoms with Gasteiger partial charge in [-0.3, -0.25) is 0 Å². The van der Waals surface area contributed by atoms with Gasteiger partial charge in [0.25, 0.3) is 0 Å². The fraction of sp³-hybridized carbons (Fsp3) is 0.286. The summed E-state index contributed by atoms with van der Waals surface area (Å²) in [5.41, 5.74) is 0. The van der Waals surface area contributed by atoms with Crippen molar-refractivity contribution in [3.8, 4) is 11.6 Å². The van der Waals surface area contributed by atoms with Gasteiger partial charge < -0.3 is 15.0 Å². The zero-order valence-electron chi connectivity index (χ0n) is 10.9. The molecule has 104 valence electrons. The zero-order valence-corrected chi connectivity index (χ0v) is 12.5. The molecule has 1 fully saturated rings. The van der Waals surface area contributed by atoms with E-state index in [1.807, 2.05) is 24.3 Å². The van der Waals surface area contributed by atoms with Crippen LogP contribution in [-0.2, 0) is 0 Å². The van der Waals surface area contributed by atoms with Crippen LogP contribution in [0.2, 0.25) is 0 Å². The molecule has 1 aromatic carbocycles. The van der Waals surface area contributed by atoms with Gasteiger partial charge in [-0.1, -0.05) is 12.1 Å². The smallest absolute Gasteiger partial charge is 0.238 e. The Morgan fingerprint density at radius 3 is 2.60 bits per heavy atom. The third-order valence-corrected chi connectivity index (χ3v) is 3.76. The quantitative estimate of drug-likeness (QED) is 0.934. The van der Waals surface area contributed by atoms with Gasteiger partial charge in [0.2, 0.25) is 5.88 Å². The van der Waals surface area contributed by atoms with Crippen molar-refractivity contribution >= 4 is 21.7 Å². The Labute approximate surface area is 126 Å². The van der Waals surface area contributed by atoms with E-state index < -0.39 is 0 Å². The number of anilines is 1. The first kappa shape index (κ1) is 13.3. The highest BCUT2D eigenvalue weighted by molar-refractivity contribution is 9.10. The Bertz CT molecular complexity index is 570. The predicted octanol–water partition coefficient (Wildman–Crippen LogP) is 2.44. The second-order valence-corrected chi connectivity index (χ2v) is 5.34. The molecule has 0 saturated carbocycles. The lowest BCUT2D eigenvalue weighted by Gasteiger charge is -2.27. The topological polar surface area (TPSA) is 50.3 Å². The van der Waals surface area contributed by atoms with Gasteiger partial charge in [0.05, 0.1) is 16.9 Å². The van der Waals surface area contributed by atoms with E-state index in [0.717, 1.165) is 42.2 Å². The molecular weight excluding hydrogens is 320 g/mol. The second-order valence-electron chi connectivity index (χ2n) is 4.48. The minimum absolute atomic E-state index is 0.496. The number of nitrogens with one attached hydrogen (secondary N) is 1. The number of hydrogen-bond donors (Lipinski definition) is 1. The summed E-state index contributed by atoms with van der Waals surface area (Å²) >= 11 is 3.44. The average Bonchev–Trinajstić information content (AvgIpc) is 2.51. The molecule has 2 heterocycles. The van der Waals surface area contributed by atoms with Crippen molar-refractivity contribution in [2.75, 3.05) is 31.1 Å². The van der Waals surface area contributed by atoms with Crippen LogP contribution in [0.5, 0.6) is 11.6 Å². The third kappa shape index (κ3) is 3.08. The third-order valence-electron chi connectivity index (χ3n) is 3.11.